The summed E-state index contributed by atoms with van der Waals surface area (Å²) in [5, 5.41) is 12.4. The predicted molar refractivity (Wildman–Crippen MR) is 180 cm³/mol. The number of nitrogens with one attached hydrogen (secondary N) is 1. The summed E-state index contributed by atoms with van der Waals surface area (Å²) in [4.78, 5) is 41.7. The average Bonchev–Trinajstić information content (AvgIpc) is 3.79. The quantitative estimate of drug-likeness (QED) is 0.180. The largest absolute Gasteiger partial charge is 0.481 e. The van der Waals surface area contributed by atoms with Crippen LogP contribution in [-0.4, -0.2) is 46.1 Å². The van der Waals surface area contributed by atoms with E-state index in [9.17, 15) is 37.1 Å². The molecule has 3 aromatic rings. The fraction of sp³-hybridized carbons (Fsp3) is 0.500. The number of carbonyl (C=O) groups is 2. The Bertz CT molecular complexity index is 1800. The first kappa shape index (κ1) is 37.2. The molecule has 1 aliphatic carbocycles. The zero-order valence-electron chi connectivity index (χ0n) is 29.0. The van der Waals surface area contributed by atoms with Gasteiger partial charge in [0, 0.05) is 37.5 Å². The van der Waals surface area contributed by atoms with Gasteiger partial charge in [-0.25, -0.2) is 8.78 Å². The second-order valence-corrected chi connectivity index (χ2v) is 14.6. The Labute approximate surface area is 288 Å². The van der Waals surface area contributed by atoms with E-state index >= 15 is 4.39 Å². The van der Waals surface area contributed by atoms with Gasteiger partial charge in [0.25, 0.3) is 5.56 Å². The van der Waals surface area contributed by atoms with Crippen molar-refractivity contribution in [1.29, 1.82) is 0 Å². The number of nitrogens with zero attached hydrogens (tertiary/aromatic N) is 2. The van der Waals surface area contributed by atoms with E-state index < -0.39 is 59.3 Å². The molecule has 2 heterocycles. The number of aryl methyl sites for hydroxylation is 3. The number of carbonyl (C=O) groups excluding carboxylic acids is 1. The maximum Gasteiger partial charge on any atom is 0.416 e. The fourth-order valence-electron chi connectivity index (χ4n) is 7.23. The van der Waals surface area contributed by atoms with Gasteiger partial charge in [0.15, 0.2) is 0 Å². The third kappa shape index (κ3) is 8.62. The number of amides is 1. The van der Waals surface area contributed by atoms with Gasteiger partial charge in [-0.3, -0.25) is 14.4 Å². The molecule has 7 nitrogen and oxygen atoms in total. The summed E-state index contributed by atoms with van der Waals surface area (Å²) >= 11 is 0. The Hall–Kier alpha value is -4.06. The number of hydrogen-bond donors (Lipinski definition) is 2. The molecule has 2 N–H and O–H groups in total. The van der Waals surface area contributed by atoms with Crippen LogP contribution in [0.2, 0.25) is 0 Å². The van der Waals surface area contributed by atoms with Gasteiger partial charge in [0.1, 0.15) is 17.7 Å². The zero-order chi connectivity index (χ0) is 36.7. The molecular formula is C38H44F5N3O4. The number of carboxylic acid groups (broad SMARTS) is 1. The maximum absolute atomic E-state index is 15.8. The Morgan fingerprint density at radius 1 is 0.960 bits per heavy atom. The van der Waals surface area contributed by atoms with Crippen LogP contribution in [0.15, 0.2) is 41.3 Å². The highest BCUT2D eigenvalue weighted by atomic mass is 19.4. The topological polar surface area (TPSA) is 91.6 Å². The molecule has 1 aromatic heterocycles. The van der Waals surface area contributed by atoms with Gasteiger partial charge >= 0.3 is 12.1 Å². The number of carboxylic acids is 1. The Kier molecular flexibility index (Phi) is 10.9. The van der Waals surface area contributed by atoms with Crippen molar-refractivity contribution < 1.29 is 36.6 Å². The molecule has 0 unspecified atom stereocenters. The van der Waals surface area contributed by atoms with Gasteiger partial charge in [0.05, 0.1) is 18.0 Å². The maximum atomic E-state index is 15.8. The molecule has 2 atom stereocenters. The minimum atomic E-state index is -4.78. The molecule has 5 rings (SSSR count). The van der Waals surface area contributed by atoms with Crippen molar-refractivity contribution in [2.75, 3.05) is 19.6 Å². The lowest BCUT2D eigenvalue weighted by Crippen LogP contribution is -2.48. The molecule has 2 fully saturated rings. The molecule has 1 aliphatic heterocycles. The highest BCUT2D eigenvalue weighted by molar-refractivity contribution is 5.82. The number of hydrogen-bond acceptors (Lipinski definition) is 4. The predicted octanol–water partition coefficient (Wildman–Crippen LogP) is 7.54. The molecule has 1 saturated heterocycles. The third-order valence-corrected chi connectivity index (χ3v) is 9.70. The van der Waals surface area contributed by atoms with Crippen LogP contribution in [-0.2, 0) is 22.2 Å². The number of aliphatic carboxylic acids is 1. The lowest BCUT2D eigenvalue weighted by molar-refractivity contribution is -0.139. The van der Waals surface area contributed by atoms with E-state index in [0.717, 1.165) is 17.3 Å². The van der Waals surface area contributed by atoms with Crippen LogP contribution in [0.5, 0.6) is 0 Å². The molecule has 0 bridgehead atoms. The summed E-state index contributed by atoms with van der Waals surface area (Å²) in [7, 11) is 0. The number of halogens is 5. The van der Waals surface area contributed by atoms with E-state index in [1.165, 1.54) is 38.0 Å². The van der Waals surface area contributed by atoms with Crippen LogP contribution < -0.4 is 10.9 Å². The second kappa shape index (κ2) is 14.7. The monoisotopic (exact) mass is 701 g/mol. The minimum Gasteiger partial charge on any atom is -0.481 e. The molecule has 0 radical (unpaired) electrons. The van der Waals surface area contributed by atoms with Crippen molar-refractivity contribution in [2.45, 2.75) is 85.0 Å². The first-order valence-electron chi connectivity index (χ1n) is 17.0. The lowest BCUT2D eigenvalue weighted by Gasteiger charge is -2.40. The first-order valence-corrected chi connectivity index (χ1v) is 17.0. The molecule has 50 heavy (non-hydrogen) atoms. The number of aromatic nitrogens is 1. The molecule has 1 amide bonds. The third-order valence-electron chi connectivity index (χ3n) is 9.70. The van der Waals surface area contributed by atoms with Crippen molar-refractivity contribution in [3.63, 3.8) is 0 Å². The number of benzene rings is 2. The van der Waals surface area contributed by atoms with Gasteiger partial charge in [-0.1, -0.05) is 13.8 Å². The van der Waals surface area contributed by atoms with Crippen LogP contribution in [0.4, 0.5) is 22.0 Å². The first-order chi connectivity index (χ1) is 23.4. The lowest BCUT2D eigenvalue weighted by atomic mass is 9.90. The van der Waals surface area contributed by atoms with E-state index in [1.54, 1.807) is 33.8 Å². The summed E-state index contributed by atoms with van der Waals surface area (Å²) in [6.07, 6.45) is -1.91. The normalized spacial score (nSPS) is 16.7. The summed E-state index contributed by atoms with van der Waals surface area (Å²) in [5.74, 6) is -2.94. The van der Waals surface area contributed by atoms with E-state index in [0.29, 0.717) is 47.3 Å². The van der Waals surface area contributed by atoms with Crippen molar-refractivity contribution >= 4 is 11.9 Å². The van der Waals surface area contributed by atoms with Crippen LogP contribution >= 0.6 is 0 Å². The molecule has 0 spiro atoms. The van der Waals surface area contributed by atoms with Gasteiger partial charge < -0.3 is 19.9 Å². The highest BCUT2D eigenvalue weighted by Crippen LogP contribution is 2.37. The smallest absolute Gasteiger partial charge is 0.416 e. The number of rotatable bonds is 13. The van der Waals surface area contributed by atoms with Gasteiger partial charge in [-0.05, 0) is 122 Å². The molecule has 2 aliphatic rings. The molecular weight excluding hydrogens is 657 g/mol. The zero-order valence-corrected chi connectivity index (χ0v) is 29.0. The Balaban J connectivity index is 1.50. The van der Waals surface area contributed by atoms with Crippen molar-refractivity contribution in [3.8, 4) is 11.1 Å². The summed E-state index contributed by atoms with van der Waals surface area (Å²) < 4.78 is 73.5. The van der Waals surface area contributed by atoms with Crippen LogP contribution in [0, 0.1) is 50.2 Å². The van der Waals surface area contributed by atoms with Crippen molar-refractivity contribution in [2.24, 2.45) is 17.8 Å². The van der Waals surface area contributed by atoms with Crippen LogP contribution in [0.3, 0.4) is 0 Å². The van der Waals surface area contributed by atoms with Crippen LogP contribution in [0.25, 0.3) is 11.1 Å². The molecule has 270 valence electrons. The molecule has 2 aromatic carbocycles. The van der Waals surface area contributed by atoms with Gasteiger partial charge in [0.2, 0.25) is 5.91 Å². The highest BCUT2D eigenvalue weighted by Gasteiger charge is 2.38. The molecule has 12 heteroatoms. The fourth-order valence-corrected chi connectivity index (χ4v) is 7.23. The van der Waals surface area contributed by atoms with E-state index in [-0.39, 0.29) is 41.4 Å². The molecule has 1 saturated carbocycles. The standard InChI is InChI=1S/C38H44F5N3O4/c1-20(2)8-32(46-19-27(30(14-33(46)47)38(41,42)43)12-25-17-45(18-25)16-24-6-7-24)37(50)44-31(15-34(48)49)29-13-26(9-23(5)36(29)40)35-21(3)10-28(39)11-22(35)4/h9-11,13-14,19-20,24-25,31-32H,6-8,12,15-18H2,1-5H3,(H,44,50)(H,48,49)/t31-,32+/m0/s1. The SMILES string of the molecule is Cc1cc(-c2c(C)cc(F)cc2C)cc([C@H](CC(=O)O)NC(=O)[C@@H](CC(C)C)n2cc(CC3CN(CC4CC4)C3)c(C(F)(F)F)cc2=O)c1F. The average molecular weight is 702 g/mol. The van der Waals surface area contributed by atoms with Crippen molar-refractivity contribution in [1.82, 2.24) is 14.8 Å². The Morgan fingerprint density at radius 3 is 2.16 bits per heavy atom. The summed E-state index contributed by atoms with van der Waals surface area (Å²) in [5.41, 5.74) is 0.168. The minimum absolute atomic E-state index is 0.0370. The second-order valence-electron chi connectivity index (χ2n) is 14.6. The van der Waals surface area contributed by atoms with Gasteiger partial charge in [-0.2, -0.15) is 13.2 Å². The van der Waals surface area contributed by atoms with Gasteiger partial charge in [-0.15, -0.1) is 0 Å². The Morgan fingerprint density at radius 2 is 1.60 bits per heavy atom. The van der Waals surface area contributed by atoms with E-state index in [1.807, 2.05) is 0 Å². The number of pyridine rings is 1. The summed E-state index contributed by atoms with van der Waals surface area (Å²) in [6, 6.07) is 3.48. The van der Waals surface area contributed by atoms with Crippen LogP contribution in [0.1, 0.15) is 85.0 Å². The van der Waals surface area contributed by atoms with E-state index in [2.05, 4.69) is 10.2 Å². The number of likely N-dealkylation sites (tertiary alicyclic amines) is 1. The summed E-state index contributed by atoms with van der Waals surface area (Å²) in [6.45, 7) is 10.7. The number of alkyl halides is 3. The van der Waals surface area contributed by atoms with E-state index in [4.69, 9.17) is 0 Å². The van der Waals surface area contributed by atoms with Crippen molar-refractivity contribution in [3.05, 3.63) is 91.9 Å².